The van der Waals surface area contributed by atoms with Gasteiger partial charge in [0.2, 0.25) is 10.1 Å². The van der Waals surface area contributed by atoms with Crippen molar-refractivity contribution in [1.82, 2.24) is 19.5 Å². The zero-order valence-electron chi connectivity index (χ0n) is 11.4. The van der Waals surface area contributed by atoms with Gasteiger partial charge in [-0.25, -0.2) is 4.98 Å². The van der Waals surface area contributed by atoms with Gasteiger partial charge in [-0.1, -0.05) is 11.3 Å². The first kappa shape index (κ1) is 12.3. The van der Waals surface area contributed by atoms with Crippen LogP contribution in [0.2, 0.25) is 0 Å². The molecule has 4 heterocycles. The molecule has 0 aromatic carbocycles. The van der Waals surface area contributed by atoms with E-state index in [0.717, 1.165) is 30.5 Å². The minimum Gasteiger partial charge on any atom is -0.344 e. The maximum atomic E-state index is 11.9. The zero-order valence-corrected chi connectivity index (χ0v) is 12.3. The summed E-state index contributed by atoms with van der Waals surface area (Å²) >= 11 is 1.51. The van der Waals surface area contributed by atoms with E-state index in [4.69, 9.17) is 0 Å². The average molecular weight is 291 g/mol. The van der Waals surface area contributed by atoms with Crippen LogP contribution in [0.1, 0.15) is 18.5 Å². The van der Waals surface area contributed by atoms with Crippen molar-refractivity contribution in [3.63, 3.8) is 0 Å². The van der Waals surface area contributed by atoms with Gasteiger partial charge in [0.25, 0.3) is 5.56 Å². The van der Waals surface area contributed by atoms with Crippen molar-refractivity contribution in [3.05, 3.63) is 22.1 Å². The largest absolute Gasteiger partial charge is 0.344 e. The van der Waals surface area contributed by atoms with Crippen molar-refractivity contribution in [3.8, 4) is 0 Å². The van der Waals surface area contributed by atoms with Gasteiger partial charge >= 0.3 is 0 Å². The lowest BCUT2D eigenvalue weighted by atomic mass is 10.2. The standard InChI is InChI=1S/C13H17N5OS/c1-9-7-11(19)18-12(14-9)20-13(15-18)17-6-5-16-4-2-3-10(16)8-17/h7,10H,2-6,8H2,1H3/t10-/m0/s1. The van der Waals surface area contributed by atoms with Crippen LogP contribution in [0.4, 0.5) is 5.13 Å². The second-order valence-electron chi connectivity index (χ2n) is 5.59. The monoisotopic (exact) mass is 291 g/mol. The van der Waals surface area contributed by atoms with E-state index in [1.807, 2.05) is 6.92 Å². The van der Waals surface area contributed by atoms with Crippen molar-refractivity contribution in [2.45, 2.75) is 25.8 Å². The third kappa shape index (κ3) is 1.92. The van der Waals surface area contributed by atoms with Gasteiger partial charge in [-0.15, -0.1) is 5.10 Å². The SMILES string of the molecule is Cc1cc(=O)n2nc(N3CCN4CCC[C@H]4C3)sc2n1. The van der Waals surface area contributed by atoms with E-state index in [1.54, 1.807) is 0 Å². The number of hydrogen-bond acceptors (Lipinski definition) is 6. The number of nitrogens with zero attached hydrogens (tertiary/aromatic N) is 5. The molecule has 2 aromatic heterocycles. The van der Waals surface area contributed by atoms with Crippen molar-refractivity contribution in [1.29, 1.82) is 0 Å². The Morgan fingerprint density at radius 1 is 1.35 bits per heavy atom. The summed E-state index contributed by atoms with van der Waals surface area (Å²) in [6.45, 7) is 6.19. The molecule has 0 N–H and O–H groups in total. The Labute approximate surface area is 120 Å². The van der Waals surface area contributed by atoms with Crippen molar-refractivity contribution in [2.24, 2.45) is 0 Å². The van der Waals surface area contributed by atoms with Crippen molar-refractivity contribution >= 4 is 21.4 Å². The number of rotatable bonds is 1. The number of piperazine rings is 1. The lowest BCUT2D eigenvalue weighted by Crippen LogP contribution is -2.50. The summed E-state index contributed by atoms with van der Waals surface area (Å²) in [5.74, 6) is 0. The highest BCUT2D eigenvalue weighted by Gasteiger charge is 2.31. The maximum absolute atomic E-state index is 11.9. The van der Waals surface area contributed by atoms with Crippen LogP contribution in [0.25, 0.3) is 4.96 Å². The normalized spacial score (nSPS) is 23.4. The van der Waals surface area contributed by atoms with Gasteiger partial charge in [0.15, 0.2) is 0 Å². The van der Waals surface area contributed by atoms with E-state index in [2.05, 4.69) is 19.9 Å². The van der Waals surface area contributed by atoms with Crippen LogP contribution in [0.5, 0.6) is 0 Å². The zero-order chi connectivity index (χ0) is 13.7. The molecule has 2 saturated heterocycles. The molecule has 1 atom stereocenters. The maximum Gasteiger partial charge on any atom is 0.275 e. The Balaban J connectivity index is 1.68. The fourth-order valence-electron chi connectivity index (χ4n) is 3.20. The highest BCUT2D eigenvalue weighted by molar-refractivity contribution is 7.20. The van der Waals surface area contributed by atoms with Gasteiger partial charge in [0.1, 0.15) is 0 Å². The Morgan fingerprint density at radius 3 is 3.15 bits per heavy atom. The molecule has 0 aliphatic carbocycles. The van der Waals surface area contributed by atoms with Crippen LogP contribution in [0, 0.1) is 6.92 Å². The number of aryl methyl sites for hydroxylation is 1. The summed E-state index contributed by atoms with van der Waals surface area (Å²) in [6.07, 6.45) is 2.58. The molecule has 106 valence electrons. The first-order valence-corrected chi connectivity index (χ1v) is 7.89. The van der Waals surface area contributed by atoms with E-state index in [1.165, 1.54) is 41.3 Å². The summed E-state index contributed by atoms with van der Waals surface area (Å²) < 4.78 is 1.42. The van der Waals surface area contributed by atoms with Crippen molar-refractivity contribution < 1.29 is 0 Å². The minimum absolute atomic E-state index is 0.0884. The number of aromatic nitrogens is 3. The summed E-state index contributed by atoms with van der Waals surface area (Å²) in [5, 5.41) is 5.38. The van der Waals surface area contributed by atoms with Crippen LogP contribution in [-0.2, 0) is 0 Å². The lowest BCUT2D eigenvalue weighted by molar-refractivity contribution is 0.230. The fourth-order valence-corrected chi connectivity index (χ4v) is 4.19. The quantitative estimate of drug-likeness (QED) is 0.776. The van der Waals surface area contributed by atoms with Gasteiger partial charge in [0, 0.05) is 37.4 Å². The Morgan fingerprint density at radius 2 is 2.25 bits per heavy atom. The van der Waals surface area contributed by atoms with E-state index in [0.29, 0.717) is 11.0 Å². The van der Waals surface area contributed by atoms with Gasteiger partial charge < -0.3 is 4.90 Å². The molecule has 0 unspecified atom stereocenters. The summed E-state index contributed by atoms with van der Waals surface area (Å²) in [4.78, 5) is 21.9. The average Bonchev–Trinajstić information content (AvgIpc) is 3.03. The summed E-state index contributed by atoms with van der Waals surface area (Å²) in [5.41, 5.74) is 0.667. The molecular weight excluding hydrogens is 274 g/mol. The minimum atomic E-state index is -0.0884. The molecule has 2 fully saturated rings. The molecule has 0 spiro atoms. The van der Waals surface area contributed by atoms with E-state index in [9.17, 15) is 4.79 Å². The van der Waals surface area contributed by atoms with Gasteiger partial charge in [-0.2, -0.15) is 4.52 Å². The van der Waals surface area contributed by atoms with Crippen LogP contribution >= 0.6 is 11.3 Å². The Bertz CT molecular complexity index is 708. The molecule has 0 bridgehead atoms. The predicted octanol–water partition coefficient (Wildman–Crippen LogP) is 0.744. The lowest BCUT2D eigenvalue weighted by Gasteiger charge is -2.37. The molecule has 20 heavy (non-hydrogen) atoms. The van der Waals surface area contributed by atoms with Gasteiger partial charge in [0.05, 0.1) is 0 Å². The van der Waals surface area contributed by atoms with E-state index < -0.39 is 0 Å². The molecule has 0 radical (unpaired) electrons. The summed E-state index contributed by atoms with van der Waals surface area (Å²) in [6, 6.07) is 2.19. The van der Waals surface area contributed by atoms with Crippen LogP contribution in [0.3, 0.4) is 0 Å². The molecular formula is C13H17N5OS. The van der Waals surface area contributed by atoms with E-state index >= 15 is 0 Å². The van der Waals surface area contributed by atoms with Crippen LogP contribution in [-0.4, -0.2) is 51.7 Å². The first-order valence-electron chi connectivity index (χ1n) is 7.07. The number of anilines is 1. The molecule has 2 aromatic rings. The molecule has 7 heteroatoms. The third-order valence-electron chi connectivity index (χ3n) is 4.22. The van der Waals surface area contributed by atoms with Crippen LogP contribution in [0.15, 0.2) is 10.9 Å². The van der Waals surface area contributed by atoms with Crippen LogP contribution < -0.4 is 10.5 Å². The second-order valence-corrected chi connectivity index (χ2v) is 6.53. The Hall–Kier alpha value is -1.47. The highest BCUT2D eigenvalue weighted by Crippen LogP contribution is 2.27. The predicted molar refractivity (Wildman–Crippen MR) is 78.7 cm³/mol. The topological polar surface area (TPSA) is 53.7 Å². The summed E-state index contributed by atoms with van der Waals surface area (Å²) in [7, 11) is 0. The smallest absolute Gasteiger partial charge is 0.275 e. The molecule has 2 aliphatic heterocycles. The molecule has 0 saturated carbocycles. The molecule has 4 rings (SSSR count). The fraction of sp³-hybridized carbons (Fsp3) is 0.615. The van der Waals surface area contributed by atoms with E-state index in [-0.39, 0.29) is 5.56 Å². The second kappa shape index (κ2) is 4.53. The first-order chi connectivity index (χ1) is 9.70. The number of hydrogen-bond donors (Lipinski definition) is 0. The van der Waals surface area contributed by atoms with Gasteiger partial charge in [-0.3, -0.25) is 9.69 Å². The Kier molecular flexibility index (Phi) is 2.78. The van der Waals surface area contributed by atoms with Crippen molar-refractivity contribution in [2.75, 3.05) is 31.1 Å². The molecule has 2 aliphatic rings. The third-order valence-corrected chi connectivity index (χ3v) is 5.19. The number of fused-ring (bicyclic) bond motifs is 2. The molecule has 6 nitrogen and oxygen atoms in total. The highest BCUT2D eigenvalue weighted by atomic mass is 32.1. The molecule has 0 amide bonds. The van der Waals surface area contributed by atoms with Gasteiger partial charge in [-0.05, 0) is 26.3 Å².